The van der Waals surface area contributed by atoms with E-state index < -0.39 is 0 Å². The Kier molecular flexibility index (Phi) is 2.64. The summed E-state index contributed by atoms with van der Waals surface area (Å²) >= 11 is 0. The van der Waals surface area contributed by atoms with Gasteiger partial charge < -0.3 is 4.98 Å². The second kappa shape index (κ2) is 4.10. The third-order valence-electron chi connectivity index (χ3n) is 2.11. The van der Waals surface area contributed by atoms with Gasteiger partial charge in [-0.25, -0.2) is 10.4 Å². The maximum Gasteiger partial charge on any atom is 0.238 e. The molecule has 0 bridgehead atoms. The van der Waals surface area contributed by atoms with Crippen molar-refractivity contribution < 1.29 is 4.79 Å². The second-order valence-electron chi connectivity index (χ2n) is 3.23. The molecule has 1 aromatic carbocycles. The minimum Gasteiger partial charge on any atom is -0.345 e. The van der Waals surface area contributed by atoms with Crippen LogP contribution < -0.4 is 10.9 Å². The molecule has 78 valence electrons. The van der Waals surface area contributed by atoms with Crippen molar-refractivity contribution in [2.75, 3.05) is 7.05 Å². The Morgan fingerprint density at radius 2 is 2.40 bits per heavy atom. The van der Waals surface area contributed by atoms with Gasteiger partial charge in [0, 0.05) is 7.05 Å². The normalized spacial score (nSPS) is 10.5. The molecule has 0 aliphatic carbocycles. The van der Waals surface area contributed by atoms with Gasteiger partial charge in [0.25, 0.3) is 0 Å². The second-order valence-corrected chi connectivity index (χ2v) is 3.23. The third kappa shape index (κ3) is 2.13. The van der Waals surface area contributed by atoms with Gasteiger partial charge in [-0.2, -0.15) is 0 Å². The summed E-state index contributed by atoms with van der Waals surface area (Å²) in [7, 11) is 1.66. The monoisotopic (exact) mass is 204 g/mol. The van der Waals surface area contributed by atoms with Crippen molar-refractivity contribution >= 4 is 16.9 Å². The Bertz CT molecular complexity index is 477. The lowest BCUT2D eigenvalue weighted by Gasteiger charge is -2.02. The van der Waals surface area contributed by atoms with Gasteiger partial charge >= 0.3 is 0 Å². The molecular weight excluding hydrogens is 192 g/mol. The number of carbonyl (C=O) groups is 1. The number of carbonyl (C=O) groups excluding carboxylic acids is 1. The number of hydrazine groups is 1. The molecular formula is C10H12N4O. The van der Waals surface area contributed by atoms with E-state index in [-0.39, 0.29) is 5.91 Å². The molecule has 15 heavy (non-hydrogen) atoms. The Labute approximate surface area is 86.9 Å². The van der Waals surface area contributed by atoms with Gasteiger partial charge in [-0.05, 0) is 17.7 Å². The fourth-order valence-electron chi connectivity index (χ4n) is 1.46. The van der Waals surface area contributed by atoms with Crippen LogP contribution in [0.5, 0.6) is 0 Å². The number of rotatable bonds is 3. The van der Waals surface area contributed by atoms with Crippen LogP contribution in [0.15, 0.2) is 24.5 Å². The smallest absolute Gasteiger partial charge is 0.238 e. The first kappa shape index (κ1) is 9.67. The molecule has 2 rings (SSSR count). The molecule has 0 saturated carbocycles. The lowest BCUT2D eigenvalue weighted by Crippen LogP contribution is -2.35. The summed E-state index contributed by atoms with van der Waals surface area (Å²) in [5.74, 6) is -0.0589. The molecule has 0 spiro atoms. The Morgan fingerprint density at radius 1 is 1.53 bits per heavy atom. The average molecular weight is 204 g/mol. The van der Waals surface area contributed by atoms with Crippen LogP contribution in [0.1, 0.15) is 5.56 Å². The quantitative estimate of drug-likeness (QED) is 0.632. The van der Waals surface area contributed by atoms with E-state index in [1.54, 1.807) is 13.4 Å². The number of H-pyrrole nitrogens is 1. The van der Waals surface area contributed by atoms with Crippen molar-refractivity contribution in [3.05, 3.63) is 30.1 Å². The van der Waals surface area contributed by atoms with E-state index in [2.05, 4.69) is 20.8 Å². The molecule has 5 nitrogen and oxygen atoms in total. The molecule has 0 radical (unpaired) electrons. The lowest BCUT2D eigenvalue weighted by molar-refractivity contribution is -0.121. The van der Waals surface area contributed by atoms with Crippen molar-refractivity contribution in [3.63, 3.8) is 0 Å². The molecule has 0 atom stereocenters. The van der Waals surface area contributed by atoms with E-state index in [0.29, 0.717) is 6.42 Å². The fraction of sp³-hybridized carbons (Fsp3) is 0.200. The van der Waals surface area contributed by atoms with Crippen molar-refractivity contribution in [2.24, 2.45) is 0 Å². The highest BCUT2D eigenvalue weighted by Gasteiger charge is 2.03. The zero-order chi connectivity index (χ0) is 10.7. The van der Waals surface area contributed by atoms with Crippen LogP contribution in [0, 0.1) is 0 Å². The van der Waals surface area contributed by atoms with Crippen LogP contribution in [0.25, 0.3) is 11.0 Å². The van der Waals surface area contributed by atoms with E-state index in [9.17, 15) is 4.79 Å². The first-order valence-electron chi connectivity index (χ1n) is 4.67. The minimum absolute atomic E-state index is 0.0589. The van der Waals surface area contributed by atoms with Crippen molar-refractivity contribution in [1.29, 1.82) is 0 Å². The van der Waals surface area contributed by atoms with Gasteiger partial charge in [0.2, 0.25) is 5.91 Å². The summed E-state index contributed by atoms with van der Waals surface area (Å²) in [6.07, 6.45) is 2.00. The molecule has 0 aliphatic rings. The van der Waals surface area contributed by atoms with Gasteiger partial charge in [0.15, 0.2) is 0 Å². The number of benzene rings is 1. The number of hydrogen-bond acceptors (Lipinski definition) is 3. The molecule has 1 amide bonds. The summed E-state index contributed by atoms with van der Waals surface area (Å²) in [4.78, 5) is 18.4. The lowest BCUT2D eigenvalue weighted by atomic mass is 10.1. The summed E-state index contributed by atoms with van der Waals surface area (Å²) < 4.78 is 0. The number of amides is 1. The van der Waals surface area contributed by atoms with E-state index in [0.717, 1.165) is 16.6 Å². The molecule has 1 aromatic heterocycles. The first-order chi connectivity index (χ1) is 7.29. The van der Waals surface area contributed by atoms with Crippen LogP contribution in [0.3, 0.4) is 0 Å². The van der Waals surface area contributed by atoms with Gasteiger partial charge in [-0.1, -0.05) is 6.07 Å². The summed E-state index contributed by atoms with van der Waals surface area (Å²) in [5, 5.41) is 0. The van der Waals surface area contributed by atoms with Crippen LogP contribution in [0.2, 0.25) is 0 Å². The molecule has 0 fully saturated rings. The summed E-state index contributed by atoms with van der Waals surface area (Å²) in [6, 6.07) is 5.73. The zero-order valence-electron chi connectivity index (χ0n) is 8.37. The van der Waals surface area contributed by atoms with Gasteiger partial charge in [0.05, 0.1) is 23.8 Å². The number of aromatic amines is 1. The zero-order valence-corrected chi connectivity index (χ0v) is 8.37. The first-order valence-corrected chi connectivity index (χ1v) is 4.67. The molecule has 5 heteroatoms. The van der Waals surface area contributed by atoms with Crippen LogP contribution in [0.4, 0.5) is 0 Å². The predicted octanol–water partition coefficient (Wildman–Crippen LogP) is 0.356. The third-order valence-corrected chi connectivity index (χ3v) is 2.11. The molecule has 3 N–H and O–H groups in total. The SMILES string of the molecule is CNNC(=O)Cc1ccc2nc[nH]c2c1. The van der Waals surface area contributed by atoms with Gasteiger partial charge in [-0.3, -0.25) is 10.2 Å². The number of imidazole rings is 1. The fourth-order valence-corrected chi connectivity index (χ4v) is 1.46. The summed E-state index contributed by atoms with van der Waals surface area (Å²) in [6.45, 7) is 0. The summed E-state index contributed by atoms with van der Waals surface area (Å²) in [5.41, 5.74) is 7.94. The topological polar surface area (TPSA) is 69.8 Å². The van der Waals surface area contributed by atoms with Gasteiger partial charge in [0.1, 0.15) is 0 Å². The van der Waals surface area contributed by atoms with Crippen molar-refractivity contribution in [3.8, 4) is 0 Å². The Morgan fingerprint density at radius 3 is 3.20 bits per heavy atom. The van der Waals surface area contributed by atoms with Gasteiger partial charge in [-0.15, -0.1) is 0 Å². The number of nitrogens with one attached hydrogen (secondary N) is 3. The van der Waals surface area contributed by atoms with Crippen LogP contribution in [-0.2, 0) is 11.2 Å². The number of aromatic nitrogens is 2. The van der Waals surface area contributed by atoms with Crippen molar-refractivity contribution in [2.45, 2.75) is 6.42 Å². The van der Waals surface area contributed by atoms with E-state index >= 15 is 0 Å². The van der Waals surface area contributed by atoms with E-state index in [1.807, 2.05) is 18.2 Å². The standard InChI is InChI=1S/C10H12N4O/c1-11-14-10(15)5-7-2-3-8-9(4-7)13-6-12-8/h2-4,6,11H,5H2,1H3,(H,12,13)(H,14,15). The highest BCUT2D eigenvalue weighted by atomic mass is 16.2. The van der Waals surface area contributed by atoms with Crippen LogP contribution in [-0.4, -0.2) is 22.9 Å². The maximum atomic E-state index is 11.3. The molecule has 0 saturated heterocycles. The Hall–Kier alpha value is -1.88. The predicted molar refractivity (Wildman–Crippen MR) is 57.0 cm³/mol. The Balaban J connectivity index is 2.17. The molecule has 0 unspecified atom stereocenters. The number of fused-ring (bicyclic) bond motifs is 1. The average Bonchev–Trinajstić information content (AvgIpc) is 2.65. The van der Waals surface area contributed by atoms with Crippen molar-refractivity contribution in [1.82, 2.24) is 20.8 Å². The minimum atomic E-state index is -0.0589. The van der Waals surface area contributed by atoms with E-state index in [1.165, 1.54) is 0 Å². The van der Waals surface area contributed by atoms with E-state index in [4.69, 9.17) is 0 Å². The molecule has 2 aromatic rings. The highest BCUT2D eigenvalue weighted by molar-refractivity contribution is 5.81. The van der Waals surface area contributed by atoms with Crippen LogP contribution >= 0.6 is 0 Å². The highest BCUT2D eigenvalue weighted by Crippen LogP contribution is 2.11. The molecule has 0 aliphatic heterocycles. The largest absolute Gasteiger partial charge is 0.345 e. The number of hydrogen-bond donors (Lipinski definition) is 3. The maximum absolute atomic E-state index is 11.3. The number of nitrogens with zero attached hydrogens (tertiary/aromatic N) is 1. The molecule has 1 heterocycles.